The molecular weight excluding hydrogens is 288 g/mol. The smallest absolute Gasteiger partial charge is 0.258 e. The Morgan fingerprint density at radius 3 is 2.71 bits per heavy atom. The van der Waals surface area contributed by atoms with Crippen molar-refractivity contribution in [3.8, 4) is 0 Å². The summed E-state index contributed by atoms with van der Waals surface area (Å²) in [5.74, 6) is 0.0974. The van der Waals surface area contributed by atoms with Crippen LogP contribution in [0.2, 0.25) is 0 Å². The van der Waals surface area contributed by atoms with Crippen molar-refractivity contribution in [1.29, 1.82) is 0 Å². The maximum Gasteiger partial charge on any atom is 0.258 e. The molecule has 1 heterocycles. The van der Waals surface area contributed by atoms with E-state index in [4.69, 9.17) is 10.5 Å². The van der Waals surface area contributed by atoms with Gasteiger partial charge >= 0.3 is 0 Å². The molecule has 4 N–H and O–H groups in total. The molecule has 0 spiro atoms. The molecule has 6 nitrogen and oxygen atoms in total. The minimum atomic E-state index is -0.181. The zero-order valence-corrected chi connectivity index (χ0v) is 14.0. The fourth-order valence-corrected chi connectivity index (χ4v) is 3.41. The molecule has 7 heteroatoms. The monoisotopic (exact) mass is 312 g/mol. The van der Waals surface area contributed by atoms with Crippen LogP contribution < -0.4 is 16.4 Å². The first-order valence-electron chi connectivity index (χ1n) is 7.12. The van der Waals surface area contributed by atoms with Crippen LogP contribution >= 0.6 is 11.5 Å². The molecule has 1 amide bonds. The molecule has 1 aromatic heterocycles. The van der Waals surface area contributed by atoms with E-state index in [0.29, 0.717) is 5.56 Å². The van der Waals surface area contributed by atoms with Gasteiger partial charge in [0.15, 0.2) is 5.82 Å². The number of hydrogen-bond acceptors (Lipinski definition) is 6. The number of nitrogen functional groups attached to an aromatic ring is 1. The third kappa shape index (κ3) is 2.98. The summed E-state index contributed by atoms with van der Waals surface area (Å²) in [5.41, 5.74) is 6.31. The number of nitrogens with one attached hydrogen (secondary N) is 2. The standard InChI is InChI=1S/C14H24N4O2S/c1-7(2)16-12(19)10-11(15)18-21-13(10)17-8-6-9(20-5)14(8,3)4/h7-9,17H,6H2,1-5H3,(H2,15,18)(H,16,19). The van der Waals surface area contributed by atoms with Gasteiger partial charge in [-0.25, -0.2) is 0 Å². The van der Waals surface area contributed by atoms with Gasteiger partial charge in [0.05, 0.1) is 6.10 Å². The largest absolute Gasteiger partial charge is 0.382 e. The van der Waals surface area contributed by atoms with Crippen LogP contribution in [0.3, 0.4) is 0 Å². The van der Waals surface area contributed by atoms with E-state index in [2.05, 4.69) is 28.9 Å². The molecule has 1 aliphatic rings. The van der Waals surface area contributed by atoms with Crippen LogP contribution in [0.4, 0.5) is 10.8 Å². The average molecular weight is 312 g/mol. The van der Waals surface area contributed by atoms with E-state index >= 15 is 0 Å². The summed E-state index contributed by atoms with van der Waals surface area (Å²) in [6.07, 6.45) is 1.14. The summed E-state index contributed by atoms with van der Waals surface area (Å²) in [7, 11) is 1.73. The second-order valence-corrected chi connectivity index (χ2v) is 7.15. The van der Waals surface area contributed by atoms with Gasteiger partial charge in [0.25, 0.3) is 5.91 Å². The Kier molecular flexibility index (Phi) is 4.43. The number of ether oxygens (including phenoxy) is 1. The van der Waals surface area contributed by atoms with Gasteiger partial charge in [-0.05, 0) is 31.8 Å². The van der Waals surface area contributed by atoms with Crippen molar-refractivity contribution in [2.75, 3.05) is 18.2 Å². The van der Waals surface area contributed by atoms with Crippen LogP contribution in [0, 0.1) is 5.41 Å². The molecule has 0 saturated heterocycles. The topological polar surface area (TPSA) is 89.3 Å². The third-order valence-electron chi connectivity index (χ3n) is 4.13. The normalized spacial score (nSPS) is 23.7. The number of hydrogen-bond donors (Lipinski definition) is 3. The molecule has 2 atom stereocenters. The van der Waals surface area contributed by atoms with E-state index in [-0.39, 0.29) is 35.3 Å². The molecule has 2 unspecified atom stereocenters. The molecule has 0 aromatic carbocycles. The molecule has 2 rings (SSSR count). The van der Waals surface area contributed by atoms with Crippen molar-refractivity contribution in [3.63, 3.8) is 0 Å². The SMILES string of the molecule is COC1CC(Nc2snc(N)c2C(=O)NC(C)C)C1(C)C. The minimum Gasteiger partial charge on any atom is -0.382 e. The Balaban J connectivity index is 2.14. The zero-order chi connectivity index (χ0) is 15.8. The Hall–Kier alpha value is -1.34. The molecule has 0 aliphatic heterocycles. The van der Waals surface area contributed by atoms with Gasteiger partial charge in [-0.3, -0.25) is 4.79 Å². The van der Waals surface area contributed by atoms with E-state index in [1.807, 2.05) is 13.8 Å². The Bertz CT molecular complexity index is 527. The second kappa shape index (κ2) is 5.81. The van der Waals surface area contributed by atoms with E-state index in [9.17, 15) is 4.79 Å². The van der Waals surface area contributed by atoms with E-state index in [0.717, 1.165) is 11.4 Å². The van der Waals surface area contributed by atoms with Crippen molar-refractivity contribution in [3.05, 3.63) is 5.56 Å². The van der Waals surface area contributed by atoms with Crippen LogP contribution in [0.15, 0.2) is 0 Å². The predicted octanol–water partition coefficient (Wildman–Crippen LogP) is 2.09. The number of carbonyl (C=O) groups excluding carboxylic acids is 1. The number of amides is 1. The minimum absolute atomic E-state index is 0.0132. The van der Waals surface area contributed by atoms with Gasteiger partial charge in [0.1, 0.15) is 10.6 Å². The second-order valence-electron chi connectivity index (χ2n) is 6.38. The summed E-state index contributed by atoms with van der Waals surface area (Å²) in [5, 5.41) is 7.01. The van der Waals surface area contributed by atoms with Gasteiger partial charge in [0, 0.05) is 24.6 Å². The maximum absolute atomic E-state index is 12.2. The lowest BCUT2D eigenvalue weighted by molar-refractivity contribution is -0.0793. The van der Waals surface area contributed by atoms with Gasteiger partial charge in [0.2, 0.25) is 0 Å². The number of anilines is 2. The van der Waals surface area contributed by atoms with Crippen molar-refractivity contribution >= 4 is 28.3 Å². The highest BCUT2D eigenvalue weighted by Gasteiger charge is 2.49. The highest BCUT2D eigenvalue weighted by atomic mass is 32.1. The van der Waals surface area contributed by atoms with Crippen LogP contribution in [-0.2, 0) is 4.74 Å². The lowest BCUT2D eigenvalue weighted by atomic mass is 9.64. The first kappa shape index (κ1) is 16.0. The molecular formula is C14H24N4O2S. The van der Waals surface area contributed by atoms with Crippen molar-refractivity contribution in [1.82, 2.24) is 9.69 Å². The van der Waals surface area contributed by atoms with Crippen molar-refractivity contribution < 1.29 is 9.53 Å². The maximum atomic E-state index is 12.2. The molecule has 21 heavy (non-hydrogen) atoms. The summed E-state index contributed by atoms with van der Waals surface area (Å²) in [6.45, 7) is 8.14. The summed E-state index contributed by atoms with van der Waals surface area (Å²) >= 11 is 1.23. The van der Waals surface area contributed by atoms with Crippen LogP contribution in [0.5, 0.6) is 0 Å². The summed E-state index contributed by atoms with van der Waals surface area (Å²) in [4.78, 5) is 12.2. The quantitative estimate of drug-likeness (QED) is 0.774. The molecule has 1 aliphatic carbocycles. The Morgan fingerprint density at radius 1 is 1.52 bits per heavy atom. The molecule has 1 fully saturated rings. The Labute approximate surface area is 129 Å². The average Bonchev–Trinajstić information content (AvgIpc) is 2.74. The Morgan fingerprint density at radius 2 is 2.19 bits per heavy atom. The highest BCUT2D eigenvalue weighted by Crippen LogP contribution is 2.45. The summed E-state index contributed by atoms with van der Waals surface area (Å²) < 4.78 is 9.56. The molecule has 0 bridgehead atoms. The van der Waals surface area contributed by atoms with E-state index in [1.54, 1.807) is 7.11 Å². The fraction of sp³-hybridized carbons (Fsp3) is 0.714. The predicted molar refractivity (Wildman–Crippen MR) is 85.7 cm³/mol. The number of nitrogens with zero attached hydrogens (tertiary/aromatic N) is 1. The molecule has 0 radical (unpaired) electrons. The fourth-order valence-electron chi connectivity index (χ4n) is 2.64. The lowest BCUT2D eigenvalue weighted by Gasteiger charge is -2.51. The summed E-state index contributed by atoms with van der Waals surface area (Å²) in [6, 6.07) is 0.301. The van der Waals surface area contributed by atoms with Crippen LogP contribution in [0.25, 0.3) is 0 Å². The lowest BCUT2D eigenvalue weighted by Crippen LogP contribution is -2.57. The van der Waals surface area contributed by atoms with Gasteiger partial charge in [-0.1, -0.05) is 13.8 Å². The number of nitrogens with two attached hydrogens (primary N) is 1. The van der Waals surface area contributed by atoms with Crippen LogP contribution in [0.1, 0.15) is 44.5 Å². The van der Waals surface area contributed by atoms with Gasteiger partial charge in [-0.2, -0.15) is 4.37 Å². The van der Waals surface area contributed by atoms with E-state index < -0.39 is 0 Å². The number of rotatable bonds is 5. The zero-order valence-electron chi connectivity index (χ0n) is 13.2. The molecule has 118 valence electrons. The first-order chi connectivity index (χ1) is 9.77. The van der Waals surface area contributed by atoms with Gasteiger partial charge < -0.3 is 21.1 Å². The highest BCUT2D eigenvalue weighted by molar-refractivity contribution is 7.11. The molecule has 1 aromatic rings. The van der Waals surface area contributed by atoms with Crippen molar-refractivity contribution in [2.24, 2.45) is 5.41 Å². The third-order valence-corrected chi connectivity index (χ3v) is 4.93. The van der Waals surface area contributed by atoms with Crippen molar-refractivity contribution in [2.45, 2.75) is 52.3 Å². The van der Waals surface area contributed by atoms with Crippen LogP contribution in [-0.4, -0.2) is 35.6 Å². The van der Waals surface area contributed by atoms with E-state index in [1.165, 1.54) is 11.5 Å². The number of methoxy groups -OCH3 is 1. The number of carbonyl (C=O) groups is 1. The van der Waals surface area contributed by atoms with Gasteiger partial charge in [-0.15, -0.1) is 0 Å². The molecule has 1 saturated carbocycles. The first-order valence-corrected chi connectivity index (χ1v) is 7.90. The number of aromatic nitrogens is 1.